The molecule has 0 amide bonds. The van der Waals surface area contributed by atoms with Crippen molar-refractivity contribution in [1.82, 2.24) is 0 Å². The number of carbonyl (C=O) groups is 2. The number of allylic oxidation sites excluding steroid dienone is 2. The minimum Gasteiger partial charge on any atom is -0.392 e. The lowest BCUT2D eigenvalue weighted by molar-refractivity contribution is -0.153. The third-order valence-corrected chi connectivity index (χ3v) is 1.95. The minimum atomic E-state index is -0.847. The molecule has 0 aromatic heterocycles. The topological polar surface area (TPSA) is 43.4 Å². The van der Waals surface area contributed by atoms with E-state index in [-0.39, 0.29) is 6.42 Å². The van der Waals surface area contributed by atoms with Crippen LogP contribution in [-0.2, 0) is 14.3 Å². The highest BCUT2D eigenvalue weighted by molar-refractivity contribution is 6.00. The Labute approximate surface area is 77.1 Å². The van der Waals surface area contributed by atoms with Crippen LogP contribution < -0.4 is 0 Å². The zero-order valence-electron chi connectivity index (χ0n) is 7.74. The quantitative estimate of drug-likeness (QED) is 0.368. The monoisotopic (exact) mass is 180 g/mol. The molecule has 13 heavy (non-hydrogen) atoms. The van der Waals surface area contributed by atoms with Gasteiger partial charge in [-0.1, -0.05) is 24.3 Å². The van der Waals surface area contributed by atoms with Crippen molar-refractivity contribution in [3.8, 4) is 0 Å². The summed E-state index contributed by atoms with van der Waals surface area (Å²) in [4.78, 5) is 22.2. The third kappa shape index (κ3) is 1.69. The lowest BCUT2D eigenvalue weighted by atomic mass is 9.85. The molecule has 1 saturated heterocycles. The molecular formula is C10H12O3. The summed E-state index contributed by atoms with van der Waals surface area (Å²) in [5, 5.41) is 0. The molecule has 0 unspecified atom stereocenters. The zero-order valence-corrected chi connectivity index (χ0v) is 7.74. The molecule has 70 valence electrons. The van der Waals surface area contributed by atoms with Gasteiger partial charge in [-0.2, -0.15) is 0 Å². The van der Waals surface area contributed by atoms with Crippen molar-refractivity contribution in [2.24, 2.45) is 5.41 Å². The summed E-state index contributed by atoms with van der Waals surface area (Å²) < 4.78 is 4.50. The van der Waals surface area contributed by atoms with Crippen LogP contribution in [0.25, 0.3) is 0 Å². The van der Waals surface area contributed by atoms with Crippen LogP contribution in [0.2, 0.25) is 0 Å². The van der Waals surface area contributed by atoms with Crippen LogP contribution in [-0.4, -0.2) is 11.9 Å². The Bertz CT molecular complexity index is 275. The van der Waals surface area contributed by atoms with Gasteiger partial charge in [0.25, 0.3) is 0 Å². The highest BCUT2D eigenvalue weighted by Gasteiger charge is 2.44. The van der Waals surface area contributed by atoms with Crippen molar-refractivity contribution >= 4 is 11.9 Å². The van der Waals surface area contributed by atoms with Crippen LogP contribution in [0.15, 0.2) is 24.3 Å². The van der Waals surface area contributed by atoms with E-state index in [4.69, 9.17) is 0 Å². The fourth-order valence-electron chi connectivity index (χ4n) is 1.45. The van der Waals surface area contributed by atoms with Gasteiger partial charge in [0.2, 0.25) is 0 Å². The van der Waals surface area contributed by atoms with Gasteiger partial charge < -0.3 is 4.74 Å². The largest absolute Gasteiger partial charge is 0.392 e. The first-order valence-corrected chi connectivity index (χ1v) is 4.17. The first kappa shape index (κ1) is 9.71. The maximum atomic E-state index is 11.3. The van der Waals surface area contributed by atoms with Crippen molar-refractivity contribution in [3.05, 3.63) is 24.3 Å². The molecule has 0 aromatic carbocycles. The molecule has 3 nitrogen and oxygen atoms in total. The Hall–Kier alpha value is -1.38. The Kier molecular flexibility index (Phi) is 2.66. The minimum absolute atomic E-state index is 0.112. The summed E-state index contributed by atoms with van der Waals surface area (Å²) in [5.74, 6) is -0.935. The summed E-state index contributed by atoms with van der Waals surface area (Å²) in [7, 11) is 0. The van der Waals surface area contributed by atoms with Gasteiger partial charge in [-0.25, -0.2) is 0 Å². The number of rotatable bonds is 2. The summed E-state index contributed by atoms with van der Waals surface area (Å²) in [6.45, 7) is 3.61. The van der Waals surface area contributed by atoms with Gasteiger partial charge in [-0.05, 0) is 13.8 Å². The van der Waals surface area contributed by atoms with Crippen LogP contribution in [0, 0.1) is 5.41 Å². The van der Waals surface area contributed by atoms with Crippen molar-refractivity contribution in [1.29, 1.82) is 0 Å². The van der Waals surface area contributed by atoms with E-state index in [0.717, 1.165) is 0 Å². The van der Waals surface area contributed by atoms with E-state index in [1.165, 1.54) is 0 Å². The fourth-order valence-corrected chi connectivity index (χ4v) is 1.45. The van der Waals surface area contributed by atoms with Gasteiger partial charge >= 0.3 is 11.9 Å². The maximum absolute atomic E-state index is 11.3. The molecule has 0 aliphatic carbocycles. The molecule has 1 fully saturated rings. The molecule has 0 bridgehead atoms. The van der Waals surface area contributed by atoms with Crippen molar-refractivity contribution in [3.63, 3.8) is 0 Å². The van der Waals surface area contributed by atoms with Crippen molar-refractivity contribution in [2.75, 3.05) is 0 Å². The van der Waals surface area contributed by atoms with Crippen LogP contribution in [0.1, 0.15) is 20.3 Å². The molecule has 1 aliphatic rings. The lowest BCUT2D eigenvalue weighted by Crippen LogP contribution is -2.20. The number of hydrogen-bond donors (Lipinski definition) is 0. The molecule has 3 heteroatoms. The average molecular weight is 180 g/mol. The molecule has 0 saturated carbocycles. The normalized spacial score (nSPS) is 21.7. The van der Waals surface area contributed by atoms with E-state index < -0.39 is 17.4 Å². The first-order valence-electron chi connectivity index (χ1n) is 4.17. The predicted octanol–water partition coefficient (Wildman–Crippen LogP) is 1.60. The van der Waals surface area contributed by atoms with Crippen molar-refractivity contribution < 1.29 is 14.3 Å². The maximum Gasteiger partial charge on any atom is 0.328 e. The Morgan fingerprint density at radius 3 is 2.08 bits per heavy atom. The average Bonchev–Trinajstić information content (AvgIpc) is 2.28. The van der Waals surface area contributed by atoms with E-state index in [2.05, 4.69) is 4.74 Å². The number of ether oxygens (including phenoxy) is 1. The van der Waals surface area contributed by atoms with Crippen LogP contribution >= 0.6 is 0 Å². The van der Waals surface area contributed by atoms with E-state index in [1.807, 2.05) is 0 Å². The van der Waals surface area contributed by atoms with Gasteiger partial charge in [-0.3, -0.25) is 9.59 Å². The number of esters is 2. The van der Waals surface area contributed by atoms with Gasteiger partial charge in [-0.15, -0.1) is 0 Å². The molecule has 1 rings (SSSR count). The predicted molar refractivity (Wildman–Crippen MR) is 47.8 cm³/mol. The van der Waals surface area contributed by atoms with Crippen LogP contribution in [0.4, 0.5) is 0 Å². The number of hydrogen-bond acceptors (Lipinski definition) is 3. The van der Waals surface area contributed by atoms with E-state index >= 15 is 0 Å². The summed E-state index contributed by atoms with van der Waals surface area (Å²) in [6, 6.07) is 0. The highest BCUT2D eigenvalue weighted by atomic mass is 16.6. The summed E-state index contributed by atoms with van der Waals surface area (Å²) in [5.41, 5.74) is -0.847. The lowest BCUT2D eigenvalue weighted by Gasteiger charge is -2.12. The smallest absolute Gasteiger partial charge is 0.328 e. The molecule has 0 radical (unpaired) electrons. The van der Waals surface area contributed by atoms with E-state index in [1.54, 1.807) is 38.2 Å². The standard InChI is InChI=1S/C10H12O3/c1-3-5-10(6-4-2)7-8(11)13-9(10)12/h3-6H,7H2,1-2H3/b5-3-,6-4-. The van der Waals surface area contributed by atoms with E-state index in [0.29, 0.717) is 0 Å². The SMILES string of the molecule is C/C=C\C1(/C=C\C)CC(=O)OC1=O. The second-order valence-corrected chi connectivity index (χ2v) is 2.98. The highest BCUT2D eigenvalue weighted by Crippen LogP contribution is 2.34. The molecule has 0 aromatic rings. The van der Waals surface area contributed by atoms with Gasteiger partial charge in [0, 0.05) is 0 Å². The first-order chi connectivity index (χ1) is 6.14. The second kappa shape index (κ2) is 3.56. The van der Waals surface area contributed by atoms with Gasteiger partial charge in [0.1, 0.15) is 5.41 Å². The summed E-state index contributed by atoms with van der Waals surface area (Å²) >= 11 is 0. The Morgan fingerprint density at radius 2 is 1.77 bits per heavy atom. The number of carbonyl (C=O) groups excluding carboxylic acids is 2. The van der Waals surface area contributed by atoms with E-state index in [9.17, 15) is 9.59 Å². The van der Waals surface area contributed by atoms with Crippen LogP contribution in [0.5, 0.6) is 0 Å². The molecule has 0 spiro atoms. The molecule has 0 N–H and O–H groups in total. The van der Waals surface area contributed by atoms with Crippen molar-refractivity contribution in [2.45, 2.75) is 20.3 Å². The third-order valence-electron chi connectivity index (χ3n) is 1.95. The van der Waals surface area contributed by atoms with Gasteiger partial charge in [0.15, 0.2) is 0 Å². The molecule has 0 atom stereocenters. The molecular weight excluding hydrogens is 168 g/mol. The van der Waals surface area contributed by atoms with Gasteiger partial charge in [0.05, 0.1) is 6.42 Å². The molecule has 1 heterocycles. The Morgan fingerprint density at radius 1 is 1.23 bits per heavy atom. The second-order valence-electron chi connectivity index (χ2n) is 2.98. The van der Waals surface area contributed by atoms with Crippen LogP contribution in [0.3, 0.4) is 0 Å². The summed E-state index contributed by atoms with van der Waals surface area (Å²) in [6.07, 6.45) is 7.00. The fraction of sp³-hybridized carbons (Fsp3) is 0.400. The Balaban J connectivity index is 3.04. The zero-order chi connectivity index (χ0) is 9.90. The number of cyclic esters (lactones) is 2. The molecule has 1 aliphatic heterocycles.